The SMILES string of the molecule is CC1SCC(C(C(=O)NCc2ccccc2)N(CC2CCOCC2)C(=O)CCc2ccc(O)cc2)[N+]1=O. The maximum Gasteiger partial charge on any atom is 0.250 e. The molecule has 37 heavy (non-hydrogen) atoms. The fourth-order valence-electron chi connectivity index (χ4n) is 4.93. The Balaban J connectivity index is 1.57. The quantitative estimate of drug-likeness (QED) is 0.460. The molecule has 0 saturated carbocycles. The fourth-order valence-corrected chi connectivity index (χ4v) is 6.04. The third kappa shape index (κ3) is 7.32. The lowest BCUT2D eigenvalue weighted by Crippen LogP contribution is -2.59. The minimum atomic E-state index is -0.881. The summed E-state index contributed by atoms with van der Waals surface area (Å²) in [5.74, 6) is 0.438. The molecule has 2 heterocycles. The Morgan fingerprint density at radius 2 is 1.81 bits per heavy atom. The Morgan fingerprint density at radius 3 is 2.46 bits per heavy atom. The van der Waals surface area contributed by atoms with Gasteiger partial charge in [0.15, 0.2) is 6.04 Å². The number of aromatic hydroxyl groups is 1. The summed E-state index contributed by atoms with van der Waals surface area (Å²) in [6.07, 6.45) is 2.33. The summed E-state index contributed by atoms with van der Waals surface area (Å²) in [5.41, 5.74) is 1.88. The first-order chi connectivity index (χ1) is 17.9. The van der Waals surface area contributed by atoms with Gasteiger partial charge in [-0.25, -0.2) is 0 Å². The third-order valence-electron chi connectivity index (χ3n) is 7.15. The Hall–Kier alpha value is -2.91. The second-order valence-corrected chi connectivity index (χ2v) is 11.1. The number of phenols is 1. The number of ether oxygens (including phenoxy) is 1. The number of benzene rings is 2. The zero-order valence-electron chi connectivity index (χ0n) is 21.3. The van der Waals surface area contributed by atoms with Gasteiger partial charge in [-0.05, 0) is 48.4 Å². The molecule has 0 aliphatic carbocycles. The van der Waals surface area contributed by atoms with Crippen LogP contribution in [0.25, 0.3) is 0 Å². The highest BCUT2D eigenvalue weighted by atomic mass is 32.2. The van der Waals surface area contributed by atoms with Crippen LogP contribution >= 0.6 is 11.8 Å². The number of carbonyl (C=O) groups excluding carboxylic acids is 2. The van der Waals surface area contributed by atoms with E-state index in [1.807, 2.05) is 37.3 Å². The summed E-state index contributed by atoms with van der Waals surface area (Å²) in [6, 6.07) is 14.9. The average Bonchev–Trinajstić information content (AvgIpc) is 3.25. The van der Waals surface area contributed by atoms with Crippen molar-refractivity contribution >= 4 is 23.6 Å². The monoisotopic (exact) mass is 526 g/mol. The molecule has 0 bridgehead atoms. The van der Waals surface area contributed by atoms with E-state index in [-0.39, 0.29) is 35.3 Å². The first-order valence-corrected chi connectivity index (χ1v) is 14.0. The van der Waals surface area contributed by atoms with E-state index < -0.39 is 12.1 Å². The molecule has 0 spiro atoms. The van der Waals surface area contributed by atoms with E-state index in [0.29, 0.717) is 38.5 Å². The molecule has 3 unspecified atom stereocenters. The van der Waals surface area contributed by atoms with Crippen molar-refractivity contribution in [1.29, 1.82) is 0 Å². The van der Waals surface area contributed by atoms with Gasteiger partial charge in [-0.3, -0.25) is 9.59 Å². The van der Waals surface area contributed by atoms with Gasteiger partial charge in [0, 0.05) is 49.3 Å². The van der Waals surface area contributed by atoms with Crippen LogP contribution in [0.3, 0.4) is 0 Å². The molecular formula is C28H36N3O5S+. The maximum absolute atomic E-state index is 13.8. The number of nitrogens with zero attached hydrogens (tertiary/aromatic N) is 2. The number of thioether (sulfide) groups is 1. The second-order valence-electron chi connectivity index (χ2n) is 9.78. The van der Waals surface area contributed by atoms with Gasteiger partial charge >= 0.3 is 0 Å². The lowest BCUT2D eigenvalue weighted by Gasteiger charge is -2.35. The summed E-state index contributed by atoms with van der Waals surface area (Å²) in [5, 5.41) is 12.3. The predicted molar refractivity (Wildman–Crippen MR) is 143 cm³/mol. The van der Waals surface area contributed by atoms with Crippen molar-refractivity contribution in [3.8, 4) is 5.75 Å². The Labute approximate surface area is 222 Å². The standard InChI is InChI=1S/C28H35N3O5S/c1-20-31(35)25(19-37-20)27(28(34)29-17-22-5-3-2-4-6-22)30(18-23-13-15-36-16-14-23)26(33)12-9-21-7-10-24(32)11-8-21/h2-8,10-11,20,23,25,27H,9,12-19H2,1H3,(H-,29,32,34)/p+1. The Kier molecular flexibility index (Phi) is 9.57. The third-order valence-corrected chi connectivity index (χ3v) is 8.38. The molecule has 3 atom stereocenters. The van der Waals surface area contributed by atoms with Gasteiger partial charge in [-0.15, -0.1) is 0 Å². The van der Waals surface area contributed by atoms with Crippen LogP contribution in [0.1, 0.15) is 37.3 Å². The van der Waals surface area contributed by atoms with Gasteiger partial charge in [0.1, 0.15) is 5.75 Å². The highest BCUT2D eigenvalue weighted by molar-refractivity contribution is 7.99. The highest BCUT2D eigenvalue weighted by Crippen LogP contribution is 2.30. The molecule has 2 amide bonds. The van der Waals surface area contributed by atoms with Gasteiger partial charge in [-0.2, -0.15) is 0 Å². The fraction of sp³-hybridized carbons (Fsp3) is 0.500. The van der Waals surface area contributed by atoms with Gasteiger partial charge in [-0.1, -0.05) is 54.2 Å². The van der Waals surface area contributed by atoms with Gasteiger partial charge in [0.05, 0.1) is 5.75 Å². The van der Waals surface area contributed by atoms with E-state index in [2.05, 4.69) is 5.32 Å². The smallest absolute Gasteiger partial charge is 0.250 e. The predicted octanol–water partition coefficient (Wildman–Crippen LogP) is 3.51. The number of nitrogens with one attached hydrogen (secondary N) is 1. The molecule has 2 aromatic carbocycles. The molecule has 198 valence electrons. The van der Waals surface area contributed by atoms with E-state index in [9.17, 15) is 19.6 Å². The molecule has 4 rings (SSSR count). The molecule has 0 radical (unpaired) electrons. The minimum absolute atomic E-state index is 0.141. The summed E-state index contributed by atoms with van der Waals surface area (Å²) >= 11 is 1.51. The van der Waals surface area contributed by atoms with Crippen LogP contribution in [-0.2, 0) is 27.3 Å². The lowest BCUT2D eigenvalue weighted by atomic mass is 9.96. The van der Waals surface area contributed by atoms with Crippen LogP contribution in [0, 0.1) is 10.8 Å². The number of phenolic OH excluding ortho intramolecular Hbond substituents is 1. The number of carbonyl (C=O) groups is 2. The molecule has 2 aromatic rings. The lowest BCUT2D eigenvalue weighted by molar-refractivity contribution is -0.586. The zero-order valence-corrected chi connectivity index (χ0v) is 22.1. The minimum Gasteiger partial charge on any atom is -0.508 e. The molecule has 9 heteroatoms. The van der Waals surface area contributed by atoms with E-state index in [4.69, 9.17) is 4.74 Å². The highest BCUT2D eigenvalue weighted by Gasteiger charge is 2.51. The van der Waals surface area contributed by atoms with Crippen LogP contribution in [0.4, 0.5) is 0 Å². The van der Waals surface area contributed by atoms with E-state index >= 15 is 0 Å². The van der Waals surface area contributed by atoms with Crippen LogP contribution in [0.2, 0.25) is 0 Å². The van der Waals surface area contributed by atoms with Crippen molar-refractivity contribution in [1.82, 2.24) is 10.2 Å². The van der Waals surface area contributed by atoms with Crippen molar-refractivity contribution in [3.05, 3.63) is 70.6 Å². The van der Waals surface area contributed by atoms with Crippen molar-refractivity contribution in [2.75, 3.05) is 25.5 Å². The van der Waals surface area contributed by atoms with Crippen LogP contribution in [0.15, 0.2) is 54.6 Å². The maximum atomic E-state index is 13.8. The van der Waals surface area contributed by atoms with E-state index in [0.717, 1.165) is 28.7 Å². The molecule has 2 aliphatic heterocycles. The van der Waals surface area contributed by atoms with E-state index in [1.54, 1.807) is 29.2 Å². The van der Waals surface area contributed by atoms with Crippen molar-refractivity contribution < 1.29 is 24.2 Å². The van der Waals surface area contributed by atoms with Gasteiger partial charge in [0.25, 0.3) is 0 Å². The van der Waals surface area contributed by atoms with E-state index in [1.165, 1.54) is 11.8 Å². The summed E-state index contributed by atoms with van der Waals surface area (Å²) in [4.78, 5) is 42.2. The number of hydrogen-bond acceptors (Lipinski definition) is 6. The molecule has 2 saturated heterocycles. The first kappa shape index (κ1) is 27.1. The van der Waals surface area contributed by atoms with Crippen LogP contribution < -0.4 is 5.32 Å². The number of rotatable bonds is 10. The summed E-state index contributed by atoms with van der Waals surface area (Å²) in [7, 11) is 0. The van der Waals surface area contributed by atoms with Gasteiger partial charge in [0.2, 0.25) is 23.2 Å². The van der Waals surface area contributed by atoms with Gasteiger partial charge < -0.3 is 20.1 Å². The first-order valence-electron chi connectivity index (χ1n) is 13.0. The molecule has 2 aliphatic rings. The number of amides is 2. The average molecular weight is 527 g/mol. The number of nitroso groups, excluding NO2 is 1. The van der Waals surface area contributed by atoms with Crippen molar-refractivity contribution in [2.24, 2.45) is 5.92 Å². The number of aryl methyl sites for hydroxylation is 1. The molecule has 2 fully saturated rings. The van der Waals surface area contributed by atoms with Crippen LogP contribution in [0.5, 0.6) is 5.75 Å². The Bertz CT molecular complexity index is 1060. The molecule has 8 nitrogen and oxygen atoms in total. The largest absolute Gasteiger partial charge is 0.508 e. The van der Waals surface area contributed by atoms with Crippen molar-refractivity contribution in [2.45, 2.75) is 56.6 Å². The van der Waals surface area contributed by atoms with Crippen LogP contribution in [-0.4, -0.2) is 69.5 Å². The zero-order chi connectivity index (χ0) is 26.2. The Morgan fingerprint density at radius 1 is 1.11 bits per heavy atom. The normalized spacial score (nSPS) is 20.9. The molecular weight excluding hydrogens is 490 g/mol. The molecule has 2 N–H and O–H groups in total. The molecule has 0 aromatic heterocycles. The van der Waals surface area contributed by atoms with Crippen molar-refractivity contribution in [3.63, 3.8) is 0 Å². The summed E-state index contributed by atoms with van der Waals surface area (Å²) < 4.78 is 6.51. The topological polar surface area (TPSA) is 99.0 Å². The summed E-state index contributed by atoms with van der Waals surface area (Å²) in [6.45, 7) is 3.86. The number of hydrogen-bond donors (Lipinski definition) is 2. The second kappa shape index (κ2) is 13.1.